The van der Waals surface area contributed by atoms with E-state index < -0.39 is 24.4 Å². The van der Waals surface area contributed by atoms with Crippen LogP contribution >= 0.6 is 23.5 Å². The summed E-state index contributed by atoms with van der Waals surface area (Å²) in [5.74, 6) is 2.72. The second kappa shape index (κ2) is 10.4. The minimum absolute atomic E-state index is 0.0981. The Morgan fingerprint density at radius 3 is 2.52 bits per heavy atom. The first kappa shape index (κ1) is 25.5. The maximum atomic E-state index is 13.4. The van der Waals surface area contributed by atoms with Crippen LogP contribution < -0.4 is 9.80 Å². The van der Waals surface area contributed by atoms with Crippen LogP contribution in [0.2, 0.25) is 0 Å². The van der Waals surface area contributed by atoms with Gasteiger partial charge in [0.1, 0.15) is 23.8 Å². The molecule has 1 aliphatic heterocycles. The summed E-state index contributed by atoms with van der Waals surface area (Å²) in [6.45, 7) is 6.60. The second-order valence-corrected chi connectivity index (χ2v) is 10.6. The van der Waals surface area contributed by atoms with Gasteiger partial charge in [-0.1, -0.05) is 11.8 Å². The fourth-order valence-electron chi connectivity index (χ4n) is 3.03. The van der Waals surface area contributed by atoms with E-state index in [9.17, 15) is 18.0 Å². The monoisotopic (exact) mass is 504 g/mol. The number of aromatic nitrogens is 4. The summed E-state index contributed by atoms with van der Waals surface area (Å²) in [6.07, 6.45) is -5.72. The summed E-state index contributed by atoms with van der Waals surface area (Å²) in [4.78, 5) is 24.0. The first-order valence-electron chi connectivity index (χ1n) is 10.3. The lowest BCUT2D eigenvalue weighted by molar-refractivity contribution is -0.119. The number of thioether (sulfide) groups is 2. The number of aromatic amines is 1. The largest absolute Gasteiger partial charge is 0.443 e. The van der Waals surface area contributed by atoms with E-state index in [2.05, 4.69) is 25.1 Å². The molecule has 1 N–H and O–H groups in total. The molecule has 2 aromatic heterocycles. The zero-order valence-corrected chi connectivity index (χ0v) is 20.5. The third kappa shape index (κ3) is 7.98. The van der Waals surface area contributed by atoms with Crippen LogP contribution in [0, 0.1) is 6.92 Å². The smallest absolute Gasteiger partial charge is 0.416 e. The lowest BCUT2D eigenvalue weighted by atomic mass is 10.2. The van der Waals surface area contributed by atoms with Crippen molar-refractivity contribution in [2.24, 2.45) is 0 Å². The molecular weight excluding hydrogens is 477 g/mol. The fraction of sp³-hybridized carbons (Fsp3) is 0.600. The summed E-state index contributed by atoms with van der Waals surface area (Å²) >= 11 is 3.13. The van der Waals surface area contributed by atoms with Crippen molar-refractivity contribution in [3.8, 4) is 0 Å². The van der Waals surface area contributed by atoms with E-state index in [4.69, 9.17) is 4.74 Å². The van der Waals surface area contributed by atoms with Crippen molar-refractivity contribution in [1.82, 2.24) is 20.2 Å². The van der Waals surface area contributed by atoms with Gasteiger partial charge in [-0.05, 0) is 33.8 Å². The first-order valence-corrected chi connectivity index (χ1v) is 12.5. The Balaban J connectivity index is 1.96. The second-order valence-electron chi connectivity index (χ2n) is 8.45. The number of amides is 1. The molecule has 0 aromatic carbocycles. The number of rotatable bonds is 6. The molecule has 0 unspecified atom stereocenters. The molecule has 0 saturated carbocycles. The molecule has 0 bridgehead atoms. The molecule has 2 aromatic rings. The van der Waals surface area contributed by atoms with Crippen LogP contribution in [0.3, 0.4) is 0 Å². The average molecular weight is 505 g/mol. The van der Waals surface area contributed by atoms with Crippen molar-refractivity contribution in [2.75, 3.05) is 40.9 Å². The number of aryl methyl sites for hydroxylation is 1. The van der Waals surface area contributed by atoms with Crippen LogP contribution in [0.4, 0.5) is 29.5 Å². The van der Waals surface area contributed by atoms with Crippen LogP contribution in [0.15, 0.2) is 17.3 Å². The molecule has 0 aliphatic carbocycles. The Labute approximate surface area is 199 Å². The van der Waals surface area contributed by atoms with E-state index in [-0.39, 0.29) is 5.82 Å². The molecular formula is C20H27F3N6O2S2. The molecule has 0 spiro atoms. The fourth-order valence-corrected chi connectivity index (χ4v) is 4.67. The third-order valence-corrected chi connectivity index (χ3v) is 6.20. The Hall–Kier alpha value is -2.15. The Morgan fingerprint density at radius 1 is 1.24 bits per heavy atom. The molecule has 182 valence electrons. The van der Waals surface area contributed by atoms with E-state index in [0.717, 1.165) is 30.3 Å². The Morgan fingerprint density at radius 2 is 1.94 bits per heavy atom. The van der Waals surface area contributed by atoms with Gasteiger partial charge < -0.3 is 9.64 Å². The van der Waals surface area contributed by atoms with Crippen molar-refractivity contribution in [1.29, 1.82) is 0 Å². The SMILES string of the molecule is Cc1nc(SCc2cc(N3CCSCC3)cc(N(CC(F)(F)F)C(=O)OC(C)(C)C)n2)n[nH]1. The van der Waals surface area contributed by atoms with Crippen LogP contribution in [-0.4, -0.2) is 69.2 Å². The molecule has 0 radical (unpaired) electrons. The maximum Gasteiger partial charge on any atom is 0.416 e. The number of halogens is 3. The number of carbonyl (C=O) groups is 1. The molecule has 3 rings (SSSR count). The average Bonchev–Trinajstić information content (AvgIpc) is 3.14. The Kier molecular flexibility index (Phi) is 8.04. The number of ether oxygens (including phenoxy) is 1. The molecule has 8 nitrogen and oxygen atoms in total. The van der Waals surface area contributed by atoms with Gasteiger partial charge in [-0.15, -0.1) is 5.10 Å². The highest BCUT2D eigenvalue weighted by atomic mass is 32.2. The van der Waals surface area contributed by atoms with E-state index in [1.165, 1.54) is 17.8 Å². The van der Waals surface area contributed by atoms with Gasteiger partial charge >= 0.3 is 12.3 Å². The number of carbonyl (C=O) groups excluding carboxylic acids is 1. The maximum absolute atomic E-state index is 13.4. The summed E-state index contributed by atoms with van der Waals surface area (Å²) in [7, 11) is 0. The van der Waals surface area contributed by atoms with Crippen LogP contribution in [-0.2, 0) is 10.5 Å². The highest BCUT2D eigenvalue weighted by Crippen LogP contribution is 2.30. The van der Waals surface area contributed by atoms with E-state index in [1.807, 2.05) is 17.8 Å². The predicted molar refractivity (Wildman–Crippen MR) is 124 cm³/mol. The molecule has 1 saturated heterocycles. The molecule has 1 fully saturated rings. The van der Waals surface area contributed by atoms with Gasteiger partial charge in [0, 0.05) is 42.1 Å². The zero-order valence-electron chi connectivity index (χ0n) is 18.9. The molecule has 33 heavy (non-hydrogen) atoms. The number of hydrogen-bond donors (Lipinski definition) is 1. The lowest BCUT2D eigenvalue weighted by Gasteiger charge is -2.31. The van der Waals surface area contributed by atoms with Crippen LogP contribution in [0.1, 0.15) is 32.3 Å². The first-order chi connectivity index (χ1) is 15.4. The summed E-state index contributed by atoms with van der Waals surface area (Å²) in [5, 5.41) is 7.33. The molecule has 3 heterocycles. The van der Waals surface area contributed by atoms with Crippen molar-refractivity contribution in [2.45, 2.75) is 50.4 Å². The van der Waals surface area contributed by atoms with Crippen molar-refractivity contribution >= 4 is 41.1 Å². The molecule has 1 aliphatic rings. The predicted octanol–water partition coefficient (Wildman–Crippen LogP) is 4.66. The van der Waals surface area contributed by atoms with Gasteiger partial charge in [-0.2, -0.15) is 24.9 Å². The molecule has 13 heteroatoms. The number of H-pyrrole nitrogens is 1. The topological polar surface area (TPSA) is 87.2 Å². The normalized spacial score (nSPS) is 14.9. The molecule has 0 atom stereocenters. The van der Waals surface area contributed by atoms with Crippen molar-refractivity contribution in [3.05, 3.63) is 23.7 Å². The summed E-state index contributed by atoms with van der Waals surface area (Å²) < 4.78 is 45.5. The zero-order chi connectivity index (χ0) is 24.2. The summed E-state index contributed by atoms with van der Waals surface area (Å²) in [5.41, 5.74) is 0.284. The standard InChI is InChI=1S/C20H27F3N6O2S2/c1-13-24-17(27-26-13)33-11-14-9-15(28-5-7-32-8-6-28)10-16(25-14)29(12-20(21,22)23)18(30)31-19(2,3)4/h9-10H,5-8,11-12H2,1-4H3,(H,24,26,27). The highest BCUT2D eigenvalue weighted by molar-refractivity contribution is 7.99. The number of nitrogens with zero attached hydrogens (tertiary/aromatic N) is 5. The number of anilines is 2. The van der Waals surface area contributed by atoms with E-state index in [0.29, 0.717) is 27.3 Å². The van der Waals surface area contributed by atoms with Gasteiger partial charge in [0.05, 0.1) is 5.69 Å². The van der Waals surface area contributed by atoms with Gasteiger partial charge in [-0.3, -0.25) is 10.00 Å². The lowest BCUT2D eigenvalue weighted by Crippen LogP contribution is -2.43. The van der Waals surface area contributed by atoms with Crippen molar-refractivity contribution in [3.63, 3.8) is 0 Å². The van der Waals surface area contributed by atoms with E-state index in [1.54, 1.807) is 27.7 Å². The number of alkyl halides is 3. The van der Waals surface area contributed by atoms with Gasteiger partial charge in [0.15, 0.2) is 0 Å². The highest BCUT2D eigenvalue weighted by Gasteiger charge is 2.37. The molecule has 1 amide bonds. The third-order valence-electron chi connectivity index (χ3n) is 4.38. The minimum atomic E-state index is -4.62. The quantitative estimate of drug-likeness (QED) is 0.569. The van der Waals surface area contributed by atoms with E-state index >= 15 is 0 Å². The minimum Gasteiger partial charge on any atom is -0.443 e. The van der Waals surface area contributed by atoms with Gasteiger partial charge in [0.25, 0.3) is 0 Å². The van der Waals surface area contributed by atoms with Crippen LogP contribution in [0.25, 0.3) is 0 Å². The number of hydrogen-bond acceptors (Lipinski definition) is 8. The Bertz CT molecular complexity index is 958. The summed E-state index contributed by atoms with van der Waals surface area (Å²) in [6, 6.07) is 3.36. The number of pyridine rings is 1. The van der Waals surface area contributed by atoms with Gasteiger partial charge in [-0.25, -0.2) is 14.8 Å². The number of nitrogens with one attached hydrogen (secondary N) is 1. The van der Waals surface area contributed by atoms with Gasteiger partial charge in [0.2, 0.25) is 5.16 Å². The van der Waals surface area contributed by atoms with Crippen molar-refractivity contribution < 1.29 is 22.7 Å². The van der Waals surface area contributed by atoms with Crippen LogP contribution in [0.5, 0.6) is 0 Å².